The minimum absolute atomic E-state index is 0.434. The van der Waals surface area contributed by atoms with Gasteiger partial charge in [0.05, 0.1) is 12.2 Å². The number of carbonyl (C=O) groups excluding carboxylic acids is 1. The van der Waals surface area contributed by atoms with Crippen LogP contribution in [0.3, 0.4) is 0 Å². The van der Waals surface area contributed by atoms with Crippen LogP contribution in [-0.4, -0.2) is 12.9 Å². The van der Waals surface area contributed by atoms with Gasteiger partial charge in [0.2, 0.25) is 0 Å². The van der Waals surface area contributed by atoms with Gasteiger partial charge in [-0.25, -0.2) is 0 Å². The molecule has 17 heavy (non-hydrogen) atoms. The number of carbonyl (C=O) groups is 1. The second-order valence-corrected chi connectivity index (χ2v) is 4.42. The van der Waals surface area contributed by atoms with Crippen LogP contribution in [0.2, 0.25) is 0 Å². The van der Waals surface area contributed by atoms with Crippen LogP contribution in [0, 0.1) is 17.2 Å². The molecule has 0 radical (unpaired) electrons. The van der Waals surface area contributed by atoms with Gasteiger partial charge < -0.3 is 4.74 Å². The quantitative estimate of drug-likeness (QED) is 0.729. The normalized spacial score (nSPS) is 14.8. The Labute approximate surface area is 101 Å². The van der Waals surface area contributed by atoms with E-state index in [9.17, 15) is 4.79 Å². The number of hydrogen-bond donors (Lipinski definition) is 0. The lowest BCUT2D eigenvalue weighted by molar-refractivity contribution is 0.112. The van der Waals surface area contributed by atoms with Crippen molar-refractivity contribution in [1.29, 1.82) is 5.26 Å². The zero-order valence-corrected chi connectivity index (χ0v) is 9.69. The third-order valence-electron chi connectivity index (χ3n) is 3.27. The Kier molecular flexibility index (Phi) is 3.77. The molecule has 0 bridgehead atoms. The van der Waals surface area contributed by atoms with Gasteiger partial charge in [0.1, 0.15) is 18.1 Å². The van der Waals surface area contributed by atoms with Crippen molar-refractivity contribution >= 4 is 6.29 Å². The Balaban J connectivity index is 1.94. The molecular formula is C14H15NO2. The molecule has 0 unspecified atom stereocenters. The summed E-state index contributed by atoms with van der Waals surface area (Å²) in [4.78, 5) is 10.6. The van der Waals surface area contributed by atoms with Crippen LogP contribution in [-0.2, 0) is 0 Å². The fraction of sp³-hybridized carbons (Fsp3) is 0.429. The number of rotatable bonds is 5. The van der Waals surface area contributed by atoms with E-state index in [0.717, 1.165) is 18.6 Å². The smallest absolute Gasteiger partial charge is 0.150 e. The van der Waals surface area contributed by atoms with E-state index >= 15 is 0 Å². The van der Waals surface area contributed by atoms with E-state index in [1.807, 2.05) is 0 Å². The molecule has 0 aromatic heterocycles. The first-order chi connectivity index (χ1) is 8.33. The van der Waals surface area contributed by atoms with E-state index in [1.165, 1.54) is 19.3 Å². The summed E-state index contributed by atoms with van der Waals surface area (Å²) in [6, 6.07) is 6.98. The molecule has 0 spiro atoms. The van der Waals surface area contributed by atoms with Gasteiger partial charge >= 0.3 is 0 Å². The Morgan fingerprint density at radius 3 is 2.88 bits per heavy atom. The summed E-state index contributed by atoms with van der Waals surface area (Å²) in [5.74, 6) is 1.38. The van der Waals surface area contributed by atoms with Gasteiger partial charge in [-0.05, 0) is 30.5 Å². The summed E-state index contributed by atoms with van der Waals surface area (Å²) in [6.45, 7) is 0.653. The SMILES string of the molecule is N#Cc1cc(C=O)ccc1OCCC1CCC1. The molecule has 0 amide bonds. The first-order valence-electron chi connectivity index (χ1n) is 5.95. The van der Waals surface area contributed by atoms with E-state index < -0.39 is 0 Å². The molecule has 1 aliphatic carbocycles. The van der Waals surface area contributed by atoms with E-state index in [-0.39, 0.29) is 0 Å². The zero-order valence-electron chi connectivity index (χ0n) is 9.69. The standard InChI is InChI=1S/C14H15NO2/c15-9-13-8-12(10-16)4-5-14(13)17-7-6-11-2-1-3-11/h4-5,8,10-11H,1-3,6-7H2. The van der Waals surface area contributed by atoms with Crippen LogP contribution >= 0.6 is 0 Å². The number of benzene rings is 1. The number of nitrogens with zero attached hydrogens (tertiary/aromatic N) is 1. The van der Waals surface area contributed by atoms with Gasteiger partial charge in [-0.2, -0.15) is 5.26 Å². The molecule has 3 nitrogen and oxygen atoms in total. The first kappa shape index (κ1) is 11.7. The average molecular weight is 229 g/mol. The minimum atomic E-state index is 0.434. The molecule has 1 aliphatic rings. The third-order valence-corrected chi connectivity index (χ3v) is 3.27. The fourth-order valence-electron chi connectivity index (χ4n) is 1.95. The summed E-state index contributed by atoms with van der Waals surface area (Å²) >= 11 is 0. The van der Waals surface area contributed by atoms with Gasteiger partial charge in [-0.3, -0.25) is 4.79 Å². The Morgan fingerprint density at radius 1 is 1.47 bits per heavy atom. The van der Waals surface area contributed by atoms with Crippen molar-refractivity contribution < 1.29 is 9.53 Å². The maximum absolute atomic E-state index is 10.6. The van der Waals surface area contributed by atoms with Gasteiger partial charge in [0, 0.05) is 5.56 Å². The largest absolute Gasteiger partial charge is 0.492 e. The van der Waals surface area contributed by atoms with E-state index in [4.69, 9.17) is 10.00 Å². The highest BCUT2D eigenvalue weighted by Gasteiger charge is 2.17. The first-order valence-corrected chi connectivity index (χ1v) is 5.95. The monoisotopic (exact) mass is 229 g/mol. The van der Waals surface area contributed by atoms with E-state index in [2.05, 4.69) is 6.07 Å². The maximum atomic E-state index is 10.6. The molecule has 2 rings (SSSR count). The molecule has 88 valence electrons. The minimum Gasteiger partial charge on any atom is -0.492 e. The number of nitriles is 1. The van der Waals surface area contributed by atoms with Crippen LogP contribution in [0.5, 0.6) is 5.75 Å². The van der Waals surface area contributed by atoms with Crippen LogP contribution < -0.4 is 4.74 Å². The topological polar surface area (TPSA) is 50.1 Å². The van der Waals surface area contributed by atoms with Crippen molar-refractivity contribution in [2.45, 2.75) is 25.7 Å². The van der Waals surface area contributed by atoms with Crippen LogP contribution in [0.4, 0.5) is 0 Å². The molecule has 0 saturated heterocycles. The molecule has 0 atom stereocenters. The molecular weight excluding hydrogens is 214 g/mol. The summed E-state index contributed by atoms with van der Waals surface area (Å²) < 4.78 is 5.60. The van der Waals surface area contributed by atoms with E-state index in [0.29, 0.717) is 23.5 Å². The Hall–Kier alpha value is -1.82. The van der Waals surface area contributed by atoms with Crippen molar-refractivity contribution in [2.75, 3.05) is 6.61 Å². The molecule has 1 aromatic rings. The van der Waals surface area contributed by atoms with Crippen molar-refractivity contribution in [3.63, 3.8) is 0 Å². The van der Waals surface area contributed by atoms with Crippen molar-refractivity contribution in [3.05, 3.63) is 29.3 Å². The second kappa shape index (κ2) is 5.49. The van der Waals surface area contributed by atoms with Crippen molar-refractivity contribution in [3.8, 4) is 11.8 Å². The third kappa shape index (κ3) is 2.85. The molecule has 0 heterocycles. The predicted molar refractivity (Wildman–Crippen MR) is 64.0 cm³/mol. The highest BCUT2D eigenvalue weighted by molar-refractivity contribution is 5.76. The average Bonchev–Trinajstić information content (AvgIpc) is 2.32. The number of aldehydes is 1. The van der Waals surface area contributed by atoms with Gasteiger partial charge in [0.15, 0.2) is 0 Å². The maximum Gasteiger partial charge on any atom is 0.150 e. The number of ether oxygens (including phenoxy) is 1. The van der Waals surface area contributed by atoms with Gasteiger partial charge in [-0.1, -0.05) is 19.3 Å². The van der Waals surface area contributed by atoms with Crippen molar-refractivity contribution in [1.82, 2.24) is 0 Å². The van der Waals surface area contributed by atoms with Crippen LogP contribution in [0.15, 0.2) is 18.2 Å². The predicted octanol–water partition coefficient (Wildman–Crippen LogP) is 2.94. The van der Waals surface area contributed by atoms with Crippen LogP contribution in [0.1, 0.15) is 41.6 Å². The Morgan fingerprint density at radius 2 is 2.29 bits per heavy atom. The summed E-state index contributed by atoms with van der Waals surface area (Å²) in [5.41, 5.74) is 0.941. The molecule has 1 fully saturated rings. The van der Waals surface area contributed by atoms with Crippen molar-refractivity contribution in [2.24, 2.45) is 5.92 Å². The van der Waals surface area contributed by atoms with E-state index in [1.54, 1.807) is 18.2 Å². The lowest BCUT2D eigenvalue weighted by Crippen LogP contribution is -2.14. The molecule has 3 heteroatoms. The Bertz CT molecular complexity index is 444. The zero-order chi connectivity index (χ0) is 12.1. The molecule has 1 saturated carbocycles. The molecule has 1 aromatic carbocycles. The highest BCUT2D eigenvalue weighted by Crippen LogP contribution is 2.29. The molecule has 0 N–H and O–H groups in total. The summed E-state index contributed by atoms with van der Waals surface area (Å²) in [7, 11) is 0. The fourth-order valence-corrected chi connectivity index (χ4v) is 1.95. The second-order valence-electron chi connectivity index (χ2n) is 4.42. The highest BCUT2D eigenvalue weighted by atomic mass is 16.5. The number of hydrogen-bond acceptors (Lipinski definition) is 3. The van der Waals surface area contributed by atoms with Gasteiger partial charge in [-0.15, -0.1) is 0 Å². The molecule has 0 aliphatic heterocycles. The summed E-state index contributed by atoms with van der Waals surface area (Å²) in [6.07, 6.45) is 5.73. The van der Waals surface area contributed by atoms with Gasteiger partial charge in [0.25, 0.3) is 0 Å². The lowest BCUT2D eigenvalue weighted by Gasteiger charge is -2.25. The summed E-state index contributed by atoms with van der Waals surface area (Å²) in [5, 5.41) is 8.96. The lowest BCUT2D eigenvalue weighted by atomic mass is 9.83. The van der Waals surface area contributed by atoms with Crippen LogP contribution in [0.25, 0.3) is 0 Å².